The lowest BCUT2D eigenvalue weighted by Gasteiger charge is -2.08. The highest BCUT2D eigenvalue weighted by molar-refractivity contribution is 5.20. The zero-order valence-electron chi connectivity index (χ0n) is 13.0. The Hall–Kier alpha value is -1.81. The average Bonchev–Trinajstić information content (AvgIpc) is 2.81. The molecule has 0 radical (unpaired) electrons. The van der Waals surface area contributed by atoms with Gasteiger partial charge in [0.1, 0.15) is 5.75 Å². The van der Waals surface area contributed by atoms with Gasteiger partial charge in [0.25, 0.3) is 0 Å². The first-order valence-electron chi connectivity index (χ1n) is 7.65. The summed E-state index contributed by atoms with van der Waals surface area (Å²) in [6, 6.07) is 12.1. The van der Waals surface area contributed by atoms with Crippen LogP contribution in [0.3, 0.4) is 0 Å². The van der Waals surface area contributed by atoms with Crippen molar-refractivity contribution >= 4 is 0 Å². The highest BCUT2D eigenvalue weighted by Gasteiger charge is 1.99. The minimum Gasteiger partial charge on any atom is -0.494 e. The molecule has 0 amide bonds. The van der Waals surface area contributed by atoms with Crippen LogP contribution in [-0.2, 0) is 6.54 Å². The van der Waals surface area contributed by atoms with E-state index in [9.17, 15) is 0 Å². The monoisotopic (exact) mass is 287 g/mol. The molecule has 0 unspecified atom stereocenters. The molecule has 4 heteroatoms. The summed E-state index contributed by atoms with van der Waals surface area (Å²) >= 11 is 0. The van der Waals surface area contributed by atoms with Gasteiger partial charge in [-0.25, -0.2) is 0 Å². The summed E-state index contributed by atoms with van der Waals surface area (Å²) in [7, 11) is 0. The van der Waals surface area contributed by atoms with Crippen LogP contribution in [0, 0.1) is 13.8 Å². The van der Waals surface area contributed by atoms with Crippen molar-refractivity contribution in [2.45, 2.75) is 33.2 Å². The van der Waals surface area contributed by atoms with Crippen LogP contribution in [0.15, 0.2) is 36.4 Å². The third-order valence-electron chi connectivity index (χ3n) is 3.34. The van der Waals surface area contributed by atoms with Gasteiger partial charge in [-0.1, -0.05) is 18.2 Å². The van der Waals surface area contributed by atoms with E-state index in [2.05, 4.69) is 28.1 Å². The van der Waals surface area contributed by atoms with Crippen LogP contribution < -0.4 is 10.1 Å². The summed E-state index contributed by atoms with van der Waals surface area (Å²) in [6.07, 6.45) is 2.12. The van der Waals surface area contributed by atoms with Crippen molar-refractivity contribution in [1.29, 1.82) is 0 Å². The van der Waals surface area contributed by atoms with Gasteiger partial charge in [-0.3, -0.25) is 4.68 Å². The Bertz CT molecular complexity index is 522. The van der Waals surface area contributed by atoms with Gasteiger partial charge in [0.05, 0.1) is 12.3 Å². The number of ether oxygens (including phenoxy) is 1. The summed E-state index contributed by atoms with van der Waals surface area (Å²) in [5, 5.41) is 7.91. The Kier molecular flexibility index (Phi) is 6.28. The van der Waals surface area contributed by atoms with E-state index >= 15 is 0 Å². The molecule has 4 nitrogen and oxygen atoms in total. The number of hydrogen-bond donors (Lipinski definition) is 1. The maximum absolute atomic E-state index is 5.65. The first-order chi connectivity index (χ1) is 10.3. The van der Waals surface area contributed by atoms with E-state index in [0.717, 1.165) is 50.5 Å². The van der Waals surface area contributed by atoms with Crippen LogP contribution in [-0.4, -0.2) is 29.5 Å². The number of hydrogen-bond acceptors (Lipinski definition) is 3. The van der Waals surface area contributed by atoms with Crippen molar-refractivity contribution in [1.82, 2.24) is 15.1 Å². The van der Waals surface area contributed by atoms with E-state index in [0.29, 0.717) is 0 Å². The summed E-state index contributed by atoms with van der Waals surface area (Å²) in [6.45, 7) is 7.89. The van der Waals surface area contributed by atoms with Crippen LogP contribution in [0.5, 0.6) is 5.75 Å². The number of aryl methyl sites for hydroxylation is 3. The molecule has 1 aromatic carbocycles. The van der Waals surface area contributed by atoms with Crippen molar-refractivity contribution in [3.63, 3.8) is 0 Å². The van der Waals surface area contributed by atoms with Gasteiger partial charge in [0.15, 0.2) is 0 Å². The quantitative estimate of drug-likeness (QED) is 0.721. The van der Waals surface area contributed by atoms with E-state index in [4.69, 9.17) is 4.74 Å². The molecule has 0 aliphatic heterocycles. The second-order valence-electron chi connectivity index (χ2n) is 5.27. The van der Waals surface area contributed by atoms with Gasteiger partial charge >= 0.3 is 0 Å². The Morgan fingerprint density at radius 3 is 2.57 bits per heavy atom. The van der Waals surface area contributed by atoms with E-state index < -0.39 is 0 Å². The first-order valence-corrected chi connectivity index (χ1v) is 7.65. The fourth-order valence-electron chi connectivity index (χ4n) is 2.28. The normalized spacial score (nSPS) is 10.8. The molecule has 0 spiro atoms. The number of aromatic nitrogens is 2. The maximum atomic E-state index is 5.65. The Labute approximate surface area is 127 Å². The van der Waals surface area contributed by atoms with Gasteiger partial charge < -0.3 is 10.1 Å². The van der Waals surface area contributed by atoms with Crippen LogP contribution in [0.25, 0.3) is 0 Å². The van der Waals surface area contributed by atoms with Crippen LogP contribution in [0.2, 0.25) is 0 Å². The second kappa shape index (κ2) is 8.47. The predicted molar refractivity (Wildman–Crippen MR) is 85.7 cm³/mol. The van der Waals surface area contributed by atoms with E-state index in [-0.39, 0.29) is 0 Å². The molecule has 21 heavy (non-hydrogen) atoms. The predicted octanol–water partition coefficient (Wildman–Crippen LogP) is 2.95. The highest BCUT2D eigenvalue weighted by atomic mass is 16.5. The van der Waals surface area contributed by atoms with Crippen molar-refractivity contribution < 1.29 is 4.74 Å². The largest absolute Gasteiger partial charge is 0.494 e. The Morgan fingerprint density at radius 2 is 1.86 bits per heavy atom. The smallest absolute Gasteiger partial charge is 0.119 e. The molecule has 0 bridgehead atoms. The topological polar surface area (TPSA) is 39.1 Å². The molecule has 1 heterocycles. The molecule has 0 saturated carbocycles. The zero-order valence-corrected chi connectivity index (χ0v) is 13.0. The first kappa shape index (κ1) is 15.6. The molecule has 1 N–H and O–H groups in total. The summed E-state index contributed by atoms with van der Waals surface area (Å²) in [4.78, 5) is 0. The molecule has 114 valence electrons. The molecule has 0 saturated heterocycles. The molecule has 0 aliphatic carbocycles. The number of rotatable bonds is 9. The van der Waals surface area contributed by atoms with Crippen LogP contribution in [0.4, 0.5) is 0 Å². The molecule has 0 atom stereocenters. The minimum atomic E-state index is 0.758. The third-order valence-corrected chi connectivity index (χ3v) is 3.34. The second-order valence-corrected chi connectivity index (χ2v) is 5.27. The zero-order chi connectivity index (χ0) is 14.9. The van der Waals surface area contributed by atoms with Gasteiger partial charge in [-0.2, -0.15) is 5.10 Å². The SMILES string of the molecule is Cc1cc(C)n(CCCNCCCOc2ccccc2)n1. The van der Waals surface area contributed by atoms with Crippen molar-refractivity contribution in [3.8, 4) is 5.75 Å². The van der Waals surface area contributed by atoms with Gasteiger partial charge in [0.2, 0.25) is 0 Å². The highest BCUT2D eigenvalue weighted by Crippen LogP contribution is 2.08. The number of nitrogens with zero attached hydrogens (tertiary/aromatic N) is 2. The number of nitrogens with one attached hydrogen (secondary N) is 1. The van der Waals surface area contributed by atoms with E-state index in [1.807, 2.05) is 37.3 Å². The van der Waals surface area contributed by atoms with Crippen molar-refractivity contribution in [2.24, 2.45) is 0 Å². The Balaban J connectivity index is 1.48. The lowest BCUT2D eigenvalue weighted by molar-refractivity contribution is 0.308. The maximum Gasteiger partial charge on any atom is 0.119 e. The molecule has 1 aromatic heterocycles. The van der Waals surface area contributed by atoms with Crippen molar-refractivity contribution in [3.05, 3.63) is 47.8 Å². The minimum absolute atomic E-state index is 0.758. The van der Waals surface area contributed by atoms with Gasteiger partial charge in [-0.05, 0) is 58.0 Å². The van der Waals surface area contributed by atoms with Gasteiger partial charge in [-0.15, -0.1) is 0 Å². The third kappa shape index (κ3) is 5.60. The molecule has 2 aromatic rings. The number of benzene rings is 1. The summed E-state index contributed by atoms with van der Waals surface area (Å²) in [5.41, 5.74) is 2.34. The average molecular weight is 287 g/mol. The summed E-state index contributed by atoms with van der Waals surface area (Å²) < 4.78 is 7.73. The number of para-hydroxylation sites is 1. The lowest BCUT2D eigenvalue weighted by atomic mass is 10.3. The fraction of sp³-hybridized carbons (Fsp3) is 0.471. The van der Waals surface area contributed by atoms with Crippen LogP contribution >= 0.6 is 0 Å². The molecular weight excluding hydrogens is 262 g/mol. The lowest BCUT2D eigenvalue weighted by Crippen LogP contribution is -2.20. The van der Waals surface area contributed by atoms with Crippen LogP contribution in [0.1, 0.15) is 24.2 Å². The molecule has 2 rings (SSSR count). The van der Waals surface area contributed by atoms with E-state index in [1.165, 1.54) is 5.69 Å². The Morgan fingerprint density at radius 1 is 1.10 bits per heavy atom. The molecule has 0 aliphatic rings. The summed E-state index contributed by atoms with van der Waals surface area (Å²) in [5.74, 6) is 0.946. The molecule has 0 fully saturated rings. The molecular formula is C17H25N3O. The van der Waals surface area contributed by atoms with Crippen molar-refractivity contribution in [2.75, 3.05) is 19.7 Å². The van der Waals surface area contributed by atoms with E-state index in [1.54, 1.807) is 0 Å². The standard InChI is InChI=1S/C17H25N3O/c1-15-14-16(2)20(19-15)12-6-10-18-11-7-13-21-17-8-4-3-5-9-17/h3-5,8-9,14,18H,6-7,10-13H2,1-2H3. The fourth-order valence-corrected chi connectivity index (χ4v) is 2.28. The van der Waals surface area contributed by atoms with Gasteiger partial charge in [0, 0.05) is 12.2 Å².